The Bertz CT molecular complexity index is 954. The number of nitrogens with zero attached hydrogens (tertiary/aromatic N) is 5. The number of fused-ring (bicyclic) bond motifs is 1. The molecule has 1 aliphatic rings. The van der Waals surface area contributed by atoms with Gasteiger partial charge in [0.1, 0.15) is 11.6 Å². The molecule has 3 heterocycles. The minimum Gasteiger partial charge on any atom is -0.395 e. The molecule has 1 aromatic carbocycles. The van der Waals surface area contributed by atoms with Crippen molar-refractivity contribution in [1.29, 1.82) is 0 Å². The molecule has 0 bridgehead atoms. The summed E-state index contributed by atoms with van der Waals surface area (Å²) in [6.45, 7) is 6.86. The van der Waals surface area contributed by atoms with Gasteiger partial charge in [0.2, 0.25) is 0 Å². The predicted octanol–water partition coefficient (Wildman–Crippen LogP) is 2.41. The fraction of sp³-hybridized carbons (Fsp3) is 0.545. The van der Waals surface area contributed by atoms with Gasteiger partial charge in [-0.2, -0.15) is 0 Å². The highest BCUT2D eigenvalue weighted by molar-refractivity contribution is 5.84. The molecular weight excluding hydrogens is 364 g/mol. The lowest BCUT2D eigenvalue weighted by Crippen LogP contribution is -2.33. The minimum atomic E-state index is 0.162. The number of likely N-dealkylation sites (N-methyl/N-ethyl adjacent to an activating group) is 1. The number of piperidine rings is 1. The molecule has 0 atom stereocenters. The maximum absolute atomic E-state index is 9.09. The van der Waals surface area contributed by atoms with Gasteiger partial charge < -0.3 is 14.7 Å². The zero-order valence-electron chi connectivity index (χ0n) is 17.7. The highest BCUT2D eigenvalue weighted by Gasteiger charge is 2.26. The van der Waals surface area contributed by atoms with Crippen LogP contribution in [0.1, 0.15) is 41.7 Å². The first-order valence-electron chi connectivity index (χ1n) is 10.5. The molecule has 0 saturated carbocycles. The summed E-state index contributed by atoms with van der Waals surface area (Å²) in [5, 5.41) is 19.3. The topological polar surface area (TPSA) is 73.2 Å². The Morgan fingerprint density at radius 2 is 1.97 bits per heavy atom. The summed E-state index contributed by atoms with van der Waals surface area (Å²) >= 11 is 0. The Morgan fingerprint density at radius 3 is 2.69 bits per heavy atom. The van der Waals surface area contributed by atoms with Crippen molar-refractivity contribution in [1.82, 2.24) is 29.5 Å². The zero-order valence-corrected chi connectivity index (χ0v) is 17.7. The maximum Gasteiger partial charge on any atom is 0.146 e. The molecule has 156 valence electrons. The number of aliphatic hydroxyl groups excluding tert-OH is 1. The molecule has 1 aliphatic heterocycles. The average Bonchev–Trinajstić information content (AvgIpc) is 3.23. The van der Waals surface area contributed by atoms with Gasteiger partial charge in [-0.1, -0.05) is 18.2 Å². The lowest BCUT2D eigenvalue weighted by atomic mass is 9.95. The molecule has 2 aromatic heterocycles. The lowest BCUT2D eigenvalue weighted by Gasteiger charge is -2.31. The van der Waals surface area contributed by atoms with Gasteiger partial charge in [-0.3, -0.25) is 9.80 Å². The fourth-order valence-electron chi connectivity index (χ4n) is 4.43. The molecule has 7 nitrogen and oxygen atoms in total. The van der Waals surface area contributed by atoms with Crippen molar-refractivity contribution in [2.24, 2.45) is 7.05 Å². The van der Waals surface area contributed by atoms with Gasteiger partial charge in [-0.15, -0.1) is 10.2 Å². The Labute approximate surface area is 172 Å². The van der Waals surface area contributed by atoms with Crippen molar-refractivity contribution in [3.63, 3.8) is 0 Å². The standard InChI is InChI=1S/C22H32N6O/c1-16-18-6-4-5-7-19(18)23-20(16)14-28-10-8-17(9-11-28)22-25-24-21(27(22)3)15-26(2)12-13-29/h4-7,17,23,29H,8-15H2,1-3H3. The van der Waals surface area contributed by atoms with Gasteiger partial charge in [0.15, 0.2) is 0 Å². The number of nitrogens with one attached hydrogen (secondary N) is 1. The number of benzene rings is 1. The molecular formula is C22H32N6O. The molecule has 1 fully saturated rings. The number of hydrogen-bond acceptors (Lipinski definition) is 5. The molecule has 0 unspecified atom stereocenters. The van der Waals surface area contributed by atoms with E-state index in [-0.39, 0.29) is 6.61 Å². The smallest absolute Gasteiger partial charge is 0.146 e. The fourth-order valence-corrected chi connectivity index (χ4v) is 4.43. The molecule has 7 heteroatoms. The van der Waals surface area contributed by atoms with Crippen LogP contribution in [0.25, 0.3) is 10.9 Å². The van der Waals surface area contributed by atoms with Crippen LogP contribution in [0.5, 0.6) is 0 Å². The number of H-pyrrole nitrogens is 1. The third kappa shape index (κ3) is 4.22. The Morgan fingerprint density at radius 1 is 1.21 bits per heavy atom. The van der Waals surface area contributed by atoms with Crippen molar-refractivity contribution in [3.05, 3.63) is 47.2 Å². The predicted molar refractivity (Wildman–Crippen MR) is 115 cm³/mol. The van der Waals surface area contributed by atoms with E-state index in [1.807, 2.05) is 7.05 Å². The van der Waals surface area contributed by atoms with Crippen molar-refractivity contribution < 1.29 is 5.11 Å². The van der Waals surface area contributed by atoms with Gasteiger partial charge in [0.25, 0.3) is 0 Å². The van der Waals surface area contributed by atoms with Crippen LogP contribution < -0.4 is 0 Å². The molecule has 1 saturated heterocycles. The van der Waals surface area contributed by atoms with E-state index in [4.69, 9.17) is 5.11 Å². The van der Waals surface area contributed by atoms with E-state index in [1.165, 1.54) is 22.2 Å². The van der Waals surface area contributed by atoms with Crippen LogP contribution in [0.2, 0.25) is 0 Å². The van der Waals surface area contributed by atoms with E-state index in [9.17, 15) is 0 Å². The SMILES string of the molecule is Cc1c(CN2CCC(c3nnc(CN(C)CCO)n3C)CC2)[nH]c2ccccc12. The minimum absolute atomic E-state index is 0.162. The number of aryl methyl sites for hydroxylation is 1. The number of likely N-dealkylation sites (tertiary alicyclic amines) is 1. The number of aliphatic hydroxyl groups is 1. The second-order valence-corrected chi connectivity index (χ2v) is 8.32. The normalized spacial score (nSPS) is 16.3. The van der Waals surface area contributed by atoms with Gasteiger partial charge in [-0.25, -0.2) is 0 Å². The van der Waals surface area contributed by atoms with E-state index in [0.717, 1.165) is 44.1 Å². The molecule has 0 radical (unpaired) electrons. The van der Waals surface area contributed by atoms with Crippen LogP contribution in [-0.4, -0.2) is 67.9 Å². The average molecular weight is 397 g/mol. The molecule has 2 N–H and O–H groups in total. The number of rotatable bonds is 7. The summed E-state index contributed by atoms with van der Waals surface area (Å²) in [5.41, 5.74) is 3.93. The van der Waals surface area contributed by atoms with E-state index in [0.29, 0.717) is 19.0 Å². The first-order chi connectivity index (χ1) is 14.1. The summed E-state index contributed by atoms with van der Waals surface area (Å²) < 4.78 is 2.15. The molecule has 0 aliphatic carbocycles. The highest BCUT2D eigenvalue weighted by atomic mass is 16.3. The van der Waals surface area contributed by atoms with Crippen molar-refractivity contribution in [2.75, 3.05) is 33.3 Å². The number of hydrogen-bond donors (Lipinski definition) is 2. The van der Waals surface area contributed by atoms with Crippen molar-refractivity contribution >= 4 is 10.9 Å². The molecule has 29 heavy (non-hydrogen) atoms. The number of aromatic amines is 1. The van der Waals surface area contributed by atoms with Crippen LogP contribution in [0.4, 0.5) is 0 Å². The van der Waals surface area contributed by atoms with Gasteiger partial charge >= 0.3 is 0 Å². The van der Waals surface area contributed by atoms with Crippen LogP contribution in [0.3, 0.4) is 0 Å². The molecule has 3 aromatic rings. The highest BCUT2D eigenvalue weighted by Crippen LogP contribution is 2.29. The van der Waals surface area contributed by atoms with Gasteiger partial charge in [0.05, 0.1) is 13.2 Å². The van der Waals surface area contributed by atoms with Crippen molar-refractivity contribution in [2.45, 2.75) is 38.8 Å². The monoisotopic (exact) mass is 396 g/mol. The van der Waals surface area contributed by atoms with E-state index >= 15 is 0 Å². The second-order valence-electron chi connectivity index (χ2n) is 8.32. The quantitative estimate of drug-likeness (QED) is 0.642. The molecule has 0 amide bonds. The van der Waals surface area contributed by atoms with E-state index in [1.54, 1.807) is 0 Å². The van der Waals surface area contributed by atoms with Crippen molar-refractivity contribution in [3.8, 4) is 0 Å². The Balaban J connectivity index is 1.37. The third-order valence-electron chi connectivity index (χ3n) is 6.30. The second kappa shape index (κ2) is 8.65. The Kier molecular flexibility index (Phi) is 5.99. The summed E-state index contributed by atoms with van der Waals surface area (Å²) in [6, 6.07) is 8.54. The van der Waals surface area contributed by atoms with Crippen LogP contribution in [0, 0.1) is 6.92 Å². The van der Waals surface area contributed by atoms with Crippen LogP contribution in [-0.2, 0) is 20.1 Å². The molecule has 4 rings (SSSR count). The number of para-hydroxylation sites is 1. The zero-order chi connectivity index (χ0) is 20.4. The van der Waals surface area contributed by atoms with Crippen LogP contribution >= 0.6 is 0 Å². The molecule has 0 spiro atoms. The van der Waals surface area contributed by atoms with Gasteiger partial charge in [-0.05, 0) is 51.5 Å². The summed E-state index contributed by atoms with van der Waals surface area (Å²) in [6.07, 6.45) is 2.22. The maximum atomic E-state index is 9.09. The van der Waals surface area contributed by atoms with Gasteiger partial charge in [0, 0.05) is 42.7 Å². The first-order valence-corrected chi connectivity index (χ1v) is 10.5. The van der Waals surface area contributed by atoms with E-state index < -0.39 is 0 Å². The third-order valence-corrected chi connectivity index (χ3v) is 6.30. The Hall–Kier alpha value is -2.22. The van der Waals surface area contributed by atoms with Crippen LogP contribution in [0.15, 0.2) is 24.3 Å². The first kappa shape index (κ1) is 20.1. The number of aromatic nitrogens is 4. The summed E-state index contributed by atoms with van der Waals surface area (Å²) in [7, 11) is 4.06. The lowest BCUT2D eigenvalue weighted by molar-refractivity contribution is 0.198. The van der Waals surface area contributed by atoms with E-state index in [2.05, 4.69) is 67.8 Å². The largest absolute Gasteiger partial charge is 0.395 e. The summed E-state index contributed by atoms with van der Waals surface area (Å²) in [4.78, 5) is 8.22. The summed E-state index contributed by atoms with van der Waals surface area (Å²) in [5.74, 6) is 2.52.